The molecule has 0 atom stereocenters. The molecule has 0 N–H and O–H groups in total. The summed E-state index contributed by atoms with van der Waals surface area (Å²) in [4.78, 5) is 13.0. The fourth-order valence-electron chi connectivity index (χ4n) is 3.67. The zero-order valence-electron chi connectivity index (χ0n) is 17.7. The maximum Gasteiger partial charge on any atom is 0.231 e. The molecule has 2 aromatic carbocycles. The van der Waals surface area contributed by atoms with Crippen LogP contribution in [0.1, 0.15) is 35.3 Å². The van der Waals surface area contributed by atoms with Gasteiger partial charge in [-0.05, 0) is 62.8 Å². The van der Waals surface area contributed by atoms with E-state index in [1.54, 1.807) is 13.2 Å². The van der Waals surface area contributed by atoms with Crippen LogP contribution in [-0.4, -0.2) is 24.1 Å². The number of hydrogen-bond acceptors (Lipinski definition) is 4. The SMILES string of the molecule is C=C(C)COc1ccc2c(c1C)O/C(=C/c1cn(CC)c3ccc(OC)cc13)C2=O. The van der Waals surface area contributed by atoms with Gasteiger partial charge in [0, 0.05) is 34.8 Å². The third-order valence-electron chi connectivity index (χ3n) is 5.26. The molecule has 4 rings (SSSR count). The van der Waals surface area contributed by atoms with E-state index in [1.807, 2.05) is 50.4 Å². The molecule has 0 spiro atoms. The molecule has 1 aromatic heterocycles. The number of allylic oxidation sites excluding steroid dienone is 1. The second kappa shape index (κ2) is 7.75. The molecule has 2 heterocycles. The van der Waals surface area contributed by atoms with Crippen LogP contribution in [0.5, 0.6) is 17.2 Å². The summed E-state index contributed by atoms with van der Waals surface area (Å²) in [6.07, 6.45) is 3.84. The number of ether oxygens (including phenoxy) is 3. The predicted molar refractivity (Wildman–Crippen MR) is 119 cm³/mol. The van der Waals surface area contributed by atoms with Gasteiger partial charge in [0.1, 0.15) is 23.9 Å². The molecule has 5 nitrogen and oxygen atoms in total. The van der Waals surface area contributed by atoms with E-state index in [-0.39, 0.29) is 5.78 Å². The molecule has 0 radical (unpaired) electrons. The highest BCUT2D eigenvalue weighted by atomic mass is 16.5. The first-order valence-electron chi connectivity index (χ1n) is 9.94. The second-order valence-corrected chi connectivity index (χ2v) is 7.50. The van der Waals surface area contributed by atoms with Gasteiger partial charge in [0.15, 0.2) is 5.76 Å². The van der Waals surface area contributed by atoms with E-state index in [0.29, 0.717) is 29.4 Å². The average Bonchev–Trinajstić information content (AvgIpc) is 3.25. The number of benzene rings is 2. The van der Waals surface area contributed by atoms with Crippen LogP contribution >= 0.6 is 0 Å². The van der Waals surface area contributed by atoms with Gasteiger partial charge in [0.05, 0.1) is 12.7 Å². The van der Waals surface area contributed by atoms with Crippen LogP contribution in [-0.2, 0) is 6.54 Å². The van der Waals surface area contributed by atoms with Gasteiger partial charge in [-0.3, -0.25) is 4.79 Å². The summed E-state index contributed by atoms with van der Waals surface area (Å²) < 4.78 is 19.3. The molecule has 0 unspecified atom stereocenters. The van der Waals surface area contributed by atoms with Crippen LogP contribution in [0.4, 0.5) is 0 Å². The number of Topliss-reactive ketones (excluding diaryl/α,β-unsaturated/α-hetero) is 1. The standard InChI is InChI=1S/C25H25NO4/c1-6-26-13-17(20-12-18(28-5)7-9-21(20)26)11-23-24(27)19-8-10-22(29-14-15(2)3)16(4)25(19)30-23/h7-13H,2,6,14H2,1,3-5H3/b23-11+. The highest BCUT2D eigenvalue weighted by Gasteiger charge is 2.30. The summed E-state index contributed by atoms with van der Waals surface area (Å²) in [6.45, 7) is 11.0. The number of aromatic nitrogens is 1. The molecule has 0 aliphatic carbocycles. The van der Waals surface area contributed by atoms with Gasteiger partial charge in [-0.1, -0.05) is 6.58 Å². The third kappa shape index (κ3) is 3.36. The van der Waals surface area contributed by atoms with Gasteiger partial charge in [-0.2, -0.15) is 0 Å². The van der Waals surface area contributed by atoms with Crippen molar-refractivity contribution in [3.63, 3.8) is 0 Å². The topological polar surface area (TPSA) is 49.7 Å². The Morgan fingerprint density at radius 2 is 2.07 bits per heavy atom. The normalized spacial score (nSPS) is 14.1. The highest BCUT2D eigenvalue weighted by Crippen LogP contribution is 2.40. The van der Waals surface area contributed by atoms with Crippen LogP contribution in [0.2, 0.25) is 0 Å². The number of carbonyl (C=O) groups excluding carboxylic acids is 1. The van der Waals surface area contributed by atoms with Crippen molar-refractivity contribution in [1.29, 1.82) is 0 Å². The lowest BCUT2D eigenvalue weighted by molar-refractivity contribution is 0.101. The molecular weight excluding hydrogens is 378 g/mol. The van der Waals surface area contributed by atoms with E-state index in [4.69, 9.17) is 14.2 Å². The Balaban J connectivity index is 1.74. The molecular formula is C25H25NO4. The number of rotatable bonds is 6. The van der Waals surface area contributed by atoms with Crippen molar-refractivity contribution in [1.82, 2.24) is 4.57 Å². The van der Waals surface area contributed by atoms with Crippen LogP contribution in [0.25, 0.3) is 17.0 Å². The zero-order chi connectivity index (χ0) is 21.4. The van der Waals surface area contributed by atoms with Gasteiger partial charge >= 0.3 is 0 Å². The largest absolute Gasteiger partial charge is 0.497 e. The fourth-order valence-corrected chi connectivity index (χ4v) is 3.67. The van der Waals surface area contributed by atoms with Gasteiger partial charge in [0.2, 0.25) is 5.78 Å². The molecule has 0 saturated carbocycles. The molecule has 0 fully saturated rings. The number of nitrogens with zero attached hydrogens (tertiary/aromatic N) is 1. The highest BCUT2D eigenvalue weighted by molar-refractivity contribution is 6.15. The van der Waals surface area contributed by atoms with Crippen molar-refractivity contribution in [2.24, 2.45) is 0 Å². The average molecular weight is 403 g/mol. The lowest BCUT2D eigenvalue weighted by Crippen LogP contribution is -2.00. The van der Waals surface area contributed by atoms with E-state index in [1.165, 1.54) is 0 Å². The maximum absolute atomic E-state index is 13.0. The number of methoxy groups -OCH3 is 1. The summed E-state index contributed by atoms with van der Waals surface area (Å²) >= 11 is 0. The Hall–Kier alpha value is -3.47. The van der Waals surface area contributed by atoms with Crippen molar-refractivity contribution < 1.29 is 19.0 Å². The Morgan fingerprint density at radius 1 is 1.27 bits per heavy atom. The first kappa shape index (κ1) is 19.8. The van der Waals surface area contributed by atoms with Gasteiger partial charge in [0.25, 0.3) is 0 Å². The Labute approximate surface area is 176 Å². The lowest BCUT2D eigenvalue weighted by atomic mass is 10.1. The van der Waals surface area contributed by atoms with Crippen LogP contribution in [0.3, 0.4) is 0 Å². The van der Waals surface area contributed by atoms with Gasteiger partial charge < -0.3 is 18.8 Å². The van der Waals surface area contributed by atoms with Crippen LogP contribution < -0.4 is 14.2 Å². The van der Waals surface area contributed by atoms with Crippen LogP contribution in [0, 0.1) is 6.92 Å². The maximum atomic E-state index is 13.0. The first-order valence-corrected chi connectivity index (χ1v) is 9.94. The molecule has 0 bridgehead atoms. The predicted octanol–water partition coefficient (Wildman–Crippen LogP) is 5.55. The Bertz CT molecular complexity index is 1200. The fraction of sp³-hybridized carbons (Fsp3) is 0.240. The minimum Gasteiger partial charge on any atom is -0.497 e. The van der Waals surface area contributed by atoms with Gasteiger partial charge in [-0.15, -0.1) is 0 Å². The zero-order valence-corrected chi connectivity index (χ0v) is 17.7. The molecule has 30 heavy (non-hydrogen) atoms. The summed E-state index contributed by atoms with van der Waals surface area (Å²) in [5, 5.41) is 1.01. The third-order valence-corrected chi connectivity index (χ3v) is 5.26. The van der Waals surface area contributed by atoms with Gasteiger partial charge in [-0.25, -0.2) is 0 Å². The Kier molecular flexibility index (Phi) is 5.12. The van der Waals surface area contributed by atoms with E-state index < -0.39 is 0 Å². The van der Waals surface area contributed by atoms with E-state index in [0.717, 1.165) is 39.9 Å². The molecule has 1 aliphatic rings. The van der Waals surface area contributed by atoms with E-state index in [9.17, 15) is 4.79 Å². The molecule has 0 saturated heterocycles. The van der Waals surface area contributed by atoms with Crippen molar-refractivity contribution in [2.45, 2.75) is 27.3 Å². The lowest BCUT2D eigenvalue weighted by Gasteiger charge is -2.11. The number of carbonyl (C=O) groups is 1. The molecule has 1 aliphatic heterocycles. The summed E-state index contributed by atoms with van der Waals surface area (Å²) in [5.41, 5.74) is 4.29. The summed E-state index contributed by atoms with van der Waals surface area (Å²) in [6, 6.07) is 9.53. The monoisotopic (exact) mass is 403 g/mol. The number of aryl methyl sites for hydroxylation is 1. The molecule has 3 aromatic rings. The second-order valence-electron chi connectivity index (χ2n) is 7.50. The molecule has 154 valence electrons. The number of hydrogen-bond donors (Lipinski definition) is 0. The van der Waals surface area contributed by atoms with Crippen molar-refractivity contribution >= 4 is 22.8 Å². The van der Waals surface area contributed by atoms with Crippen molar-refractivity contribution in [3.05, 3.63) is 71.1 Å². The minimum absolute atomic E-state index is 0.125. The van der Waals surface area contributed by atoms with Crippen molar-refractivity contribution in [2.75, 3.05) is 13.7 Å². The number of ketones is 1. The Morgan fingerprint density at radius 3 is 2.77 bits per heavy atom. The first-order chi connectivity index (χ1) is 14.4. The summed E-state index contributed by atoms with van der Waals surface area (Å²) in [5.74, 6) is 2.21. The molecule has 5 heteroatoms. The van der Waals surface area contributed by atoms with E-state index in [2.05, 4.69) is 18.1 Å². The molecule has 0 amide bonds. The number of fused-ring (bicyclic) bond motifs is 2. The smallest absolute Gasteiger partial charge is 0.231 e. The van der Waals surface area contributed by atoms with Crippen LogP contribution in [0.15, 0.2) is 54.4 Å². The van der Waals surface area contributed by atoms with E-state index >= 15 is 0 Å². The van der Waals surface area contributed by atoms with Crippen molar-refractivity contribution in [3.8, 4) is 17.2 Å². The summed E-state index contributed by atoms with van der Waals surface area (Å²) in [7, 11) is 1.65. The quantitative estimate of drug-likeness (QED) is 0.400. The minimum atomic E-state index is -0.125.